The van der Waals surface area contributed by atoms with Gasteiger partial charge in [0, 0.05) is 34.8 Å². The van der Waals surface area contributed by atoms with Crippen molar-refractivity contribution in [3.8, 4) is 5.75 Å². The highest BCUT2D eigenvalue weighted by atomic mass is 35.5. The molecule has 7 nitrogen and oxygen atoms in total. The molecule has 3 rings (SSSR count). The SMILES string of the molecule is COc1ccc(NS(=O)(=O)c2cc(NC(=O)CCC(=O)c3ccc(Cl)cc3)ccc2C)cc1. The maximum Gasteiger partial charge on any atom is 0.262 e. The standard InChI is InChI=1S/C24H23ClN2O5S/c1-16-3-8-20(26-24(29)14-13-22(28)17-4-6-18(25)7-5-17)15-23(16)33(30,31)27-19-9-11-21(32-2)12-10-19/h3-12,15,27H,13-14H2,1-2H3,(H,26,29). The summed E-state index contributed by atoms with van der Waals surface area (Å²) >= 11 is 5.82. The second-order valence-electron chi connectivity index (χ2n) is 7.29. The van der Waals surface area contributed by atoms with Crippen LogP contribution >= 0.6 is 11.6 Å². The maximum atomic E-state index is 12.9. The molecule has 0 aliphatic heterocycles. The summed E-state index contributed by atoms with van der Waals surface area (Å²) < 4.78 is 33.4. The summed E-state index contributed by atoms with van der Waals surface area (Å²) in [6.45, 7) is 1.67. The van der Waals surface area contributed by atoms with Gasteiger partial charge in [0.15, 0.2) is 5.78 Å². The summed E-state index contributed by atoms with van der Waals surface area (Å²) in [6, 6.07) is 17.5. The van der Waals surface area contributed by atoms with E-state index in [-0.39, 0.29) is 23.5 Å². The highest BCUT2D eigenvalue weighted by Crippen LogP contribution is 2.24. The first-order valence-electron chi connectivity index (χ1n) is 10.0. The Morgan fingerprint density at radius 1 is 0.909 bits per heavy atom. The number of ketones is 1. The first-order valence-corrected chi connectivity index (χ1v) is 11.9. The number of sulfonamides is 1. The molecule has 0 atom stereocenters. The van der Waals surface area contributed by atoms with Gasteiger partial charge in [0.05, 0.1) is 12.0 Å². The zero-order valence-corrected chi connectivity index (χ0v) is 19.7. The van der Waals surface area contributed by atoms with Gasteiger partial charge in [-0.3, -0.25) is 14.3 Å². The number of amides is 1. The summed E-state index contributed by atoms with van der Waals surface area (Å²) in [5.74, 6) is 0.0266. The summed E-state index contributed by atoms with van der Waals surface area (Å²) in [6.07, 6.45) is -0.0228. The van der Waals surface area contributed by atoms with Gasteiger partial charge in [0.2, 0.25) is 5.91 Å². The van der Waals surface area contributed by atoms with Crippen LogP contribution in [-0.2, 0) is 14.8 Å². The molecule has 33 heavy (non-hydrogen) atoms. The van der Waals surface area contributed by atoms with Gasteiger partial charge in [-0.05, 0) is 73.2 Å². The first kappa shape index (κ1) is 24.3. The van der Waals surface area contributed by atoms with Gasteiger partial charge in [0.25, 0.3) is 10.0 Å². The van der Waals surface area contributed by atoms with E-state index in [1.165, 1.54) is 13.2 Å². The van der Waals surface area contributed by atoms with Crippen LogP contribution in [0.5, 0.6) is 5.75 Å². The molecule has 0 bridgehead atoms. The second-order valence-corrected chi connectivity index (χ2v) is 9.38. The fourth-order valence-electron chi connectivity index (χ4n) is 3.07. The van der Waals surface area contributed by atoms with E-state index in [1.807, 2.05) is 0 Å². The summed E-state index contributed by atoms with van der Waals surface area (Å²) in [5, 5.41) is 3.18. The third-order valence-corrected chi connectivity index (χ3v) is 6.62. The monoisotopic (exact) mass is 486 g/mol. The van der Waals surface area contributed by atoms with Crippen molar-refractivity contribution in [2.45, 2.75) is 24.7 Å². The Kier molecular flexibility index (Phi) is 7.73. The van der Waals surface area contributed by atoms with Gasteiger partial charge < -0.3 is 10.1 Å². The lowest BCUT2D eigenvalue weighted by molar-refractivity contribution is -0.116. The molecular formula is C24H23ClN2O5S. The predicted octanol–water partition coefficient (Wildman–Crippen LogP) is 5.06. The topological polar surface area (TPSA) is 102 Å². The molecular weight excluding hydrogens is 464 g/mol. The van der Waals surface area contributed by atoms with Crippen LogP contribution in [0, 0.1) is 6.92 Å². The van der Waals surface area contributed by atoms with Crippen LogP contribution < -0.4 is 14.8 Å². The minimum atomic E-state index is -3.89. The molecule has 0 fully saturated rings. The van der Waals surface area contributed by atoms with E-state index >= 15 is 0 Å². The number of Topliss-reactive ketones (excluding diaryl/α,β-unsaturated/α-hetero) is 1. The quantitative estimate of drug-likeness (QED) is 0.412. The molecule has 0 unspecified atom stereocenters. The van der Waals surface area contributed by atoms with Crippen LogP contribution in [0.2, 0.25) is 5.02 Å². The number of ether oxygens (including phenoxy) is 1. The van der Waals surface area contributed by atoms with Crippen LogP contribution in [0.4, 0.5) is 11.4 Å². The number of hydrogen-bond acceptors (Lipinski definition) is 5. The number of rotatable bonds is 9. The van der Waals surface area contributed by atoms with E-state index in [0.29, 0.717) is 33.3 Å². The number of carbonyl (C=O) groups is 2. The van der Waals surface area contributed by atoms with E-state index < -0.39 is 15.9 Å². The van der Waals surface area contributed by atoms with Gasteiger partial charge in [-0.15, -0.1) is 0 Å². The molecule has 1 amide bonds. The Balaban J connectivity index is 1.66. The number of hydrogen-bond donors (Lipinski definition) is 2. The van der Waals surface area contributed by atoms with Gasteiger partial charge >= 0.3 is 0 Å². The van der Waals surface area contributed by atoms with E-state index in [9.17, 15) is 18.0 Å². The lowest BCUT2D eigenvalue weighted by atomic mass is 10.1. The number of methoxy groups -OCH3 is 1. The lowest BCUT2D eigenvalue weighted by Crippen LogP contribution is -2.16. The molecule has 9 heteroatoms. The van der Waals surface area contributed by atoms with Crippen molar-refractivity contribution in [2.75, 3.05) is 17.1 Å². The summed E-state index contributed by atoms with van der Waals surface area (Å²) in [4.78, 5) is 24.6. The molecule has 0 radical (unpaired) electrons. The average Bonchev–Trinajstić information content (AvgIpc) is 2.79. The Morgan fingerprint density at radius 2 is 1.55 bits per heavy atom. The predicted molar refractivity (Wildman–Crippen MR) is 129 cm³/mol. The number of nitrogens with one attached hydrogen (secondary N) is 2. The zero-order chi connectivity index (χ0) is 24.0. The molecule has 0 spiro atoms. The maximum absolute atomic E-state index is 12.9. The number of anilines is 2. The third kappa shape index (κ3) is 6.57. The van der Waals surface area contributed by atoms with Crippen LogP contribution in [0.15, 0.2) is 71.6 Å². The molecule has 0 saturated carbocycles. The third-order valence-electron chi connectivity index (χ3n) is 4.85. The first-order chi connectivity index (χ1) is 15.7. The van der Waals surface area contributed by atoms with Crippen LogP contribution in [0.25, 0.3) is 0 Å². The average molecular weight is 487 g/mol. The summed E-state index contributed by atoms with van der Waals surface area (Å²) in [7, 11) is -2.37. The van der Waals surface area contributed by atoms with Crippen LogP contribution in [-0.4, -0.2) is 27.2 Å². The number of halogens is 1. The number of aryl methyl sites for hydroxylation is 1. The molecule has 0 heterocycles. The minimum Gasteiger partial charge on any atom is -0.497 e. The molecule has 0 aliphatic carbocycles. The van der Waals surface area contributed by atoms with Crippen molar-refractivity contribution < 1.29 is 22.7 Å². The van der Waals surface area contributed by atoms with E-state index in [0.717, 1.165) is 0 Å². The van der Waals surface area contributed by atoms with Crippen molar-refractivity contribution in [1.82, 2.24) is 0 Å². The Labute approximate surface area is 197 Å². The van der Waals surface area contributed by atoms with Gasteiger partial charge in [-0.1, -0.05) is 17.7 Å². The van der Waals surface area contributed by atoms with Crippen molar-refractivity contribution in [1.29, 1.82) is 0 Å². The fourth-order valence-corrected chi connectivity index (χ4v) is 4.52. The highest BCUT2D eigenvalue weighted by Gasteiger charge is 2.18. The van der Waals surface area contributed by atoms with E-state index in [4.69, 9.17) is 16.3 Å². The second kappa shape index (κ2) is 10.5. The largest absolute Gasteiger partial charge is 0.497 e. The van der Waals surface area contributed by atoms with Crippen LogP contribution in [0.1, 0.15) is 28.8 Å². The van der Waals surface area contributed by atoms with Crippen molar-refractivity contribution in [3.05, 3.63) is 82.9 Å². The normalized spacial score (nSPS) is 11.0. The molecule has 0 aliphatic rings. The van der Waals surface area contributed by atoms with Crippen LogP contribution in [0.3, 0.4) is 0 Å². The van der Waals surface area contributed by atoms with Crippen molar-refractivity contribution in [2.24, 2.45) is 0 Å². The van der Waals surface area contributed by atoms with Gasteiger partial charge in [-0.25, -0.2) is 8.42 Å². The van der Waals surface area contributed by atoms with Gasteiger partial charge in [-0.2, -0.15) is 0 Å². The fraction of sp³-hybridized carbons (Fsp3) is 0.167. The molecule has 0 saturated heterocycles. The van der Waals surface area contributed by atoms with E-state index in [2.05, 4.69) is 10.0 Å². The molecule has 0 aromatic heterocycles. The molecule has 2 N–H and O–H groups in total. The molecule has 3 aromatic rings. The Hall–Kier alpha value is -3.36. The van der Waals surface area contributed by atoms with E-state index in [1.54, 1.807) is 67.6 Å². The lowest BCUT2D eigenvalue weighted by Gasteiger charge is -2.13. The Morgan fingerprint density at radius 3 is 2.18 bits per heavy atom. The number of carbonyl (C=O) groups excluding carboxylic acids is 2. The molecule has 3 aromatic carbocycles. The molecule has 172 valence electrons. The van der Waals surface area contributed by atoms with Gasteiger partial charge in [0.1, 0.15) is 5.75 Å². The highest BCUT2D eigenvalue weighted by molar-refractivity contribution is 7.92. The van der Waals surface area contributed by atoms with Crippen molar-refractivity contribution in [3.63, 3.8) is 0 Å². The van der Waals surface area contributed by atoms with Crippen molar-refractivity contribution >= 4 is 44.7 Å². The smallest absolute Gasteiger partial charge is 0.262 e. The Bertz CT molecular complexity index is 1260. The summed E-state index contributed by atoms with van der Waals surface area (Å²) in [5.41, 5.74) is 1.69. The number of benzene rings is 3. The minimum absolute atomic E-state index is 0.0174. The zero-order valence-electron chi connectivity index (χ0n) is 18.1.